The van der Waals surface area contributed by atoms with Crippen molar-refractivity contribution in [3.05, 3.63) is 29.7 Å². The first kappa shape index (κ1) is 14.6. The highest BCUT2D eigenvalue weighted by molar-refractivity contribution is 5.87. The van der Waals surface area contributed by atoms with Gasteiger partial charge in [0.25, 0.3) is 0 Å². The Hall–Kier alpha value is -2.28. The molecule has 0 radical (unpaired) electrons. The van der Waals surface area contributed by atoms with Crippen LogP contribution in [0.15, 0.2) is 18.2 Å². The number of benzene rings is 1. The molecule has 116 valence electrons. The highest BCUT2D eigenvalue weighted by Crippen LogP contribution is 2.23. The fourth-order valence-electron chi connectivity index (χ4n) is 2.64. The van der Waals surface area contributed by atoms with Gasteiger partial charge in [-0.1, -0.05) is 6.07 Å². The maximum Gasteiger partial charge on any atom is 0.226 e. The molecule has 1 aliphatic rings. The van der Waals surface area contributed by atoms with Gasteiger partial charge in [0.15, 0.2) is 0 Å². The van der Waals surface area contributed by atoms with Gasteiger partial charge in [-0.15, -0.1) is 0 Å². The minimum atomic E-state index is -0.535. The molecule has 7 heteroatoms. The van der Waals surface area contributed by atoms with Gasteiger partial charge in [-0.25, -0.2) is 14.4 Å². The smallest absolute Gasteiger partial charge is 0.226 e. The normalized spacial score (nSPS) is 16.2. The second kappa shape index (κ2) is 5.84. The molecule has 6 nitrogen and oxygen atoms in total. The van der Waals surface area contributed by atoms with E-state index in [1.807, 2.05) is 0 Å². The average Bonchev–Trinajstić information content (AvgIpc) is 2.47. The quantitative estimate of drug-likeness (QED) is 0.896. The number of aromatic nitrogens is 2. The van der Waals surface area contributed by atoms with E-state index in [-0.39, 0.29) is 11.8 Å². The molecule has 1 fully saturated rings. The zero-order valence-electron chi connectivity index (χ0n) is 12.4. The molecule has 2 N–H and O–H groups in total. The van der Waals surface area contributed by atoms with Gasteiger partial charge in [0.1, 0.15) is 5.82 Å². The van der Waals surface area contributed by atoms with Gasteiger partial charge in [0.05, 0.1) is 23.0 Å². The zero-order chi connectivity index (χ0) is 15.7. The molecule has 0 bridgehead atoms. The fourth-order valence-corrected chi connectivity index (χ4v) is 2.64. The van der Waals surface area contributed by atoms with Gasteiger partial charge in [0.2, 0.25) is 11.9 Å². The van der Waals surface area contributed by atoms with Crippen LogP contribution in [0, 0.1) is 5.82 Å². The number of primary amides is 1. The number of likely N-dealkylation sites (N-methyl/N-ethyl adjacent to an activating group) is 1. The lowest BCUT2D eigenvalue weighted by Gasteiger charge is -2.32. The van der Waals surface area contributed by atoms with Crippen LogP contribution in [-0.4, -0.2) is 54.0 Å². The third-order valence-electron chi connectivity index (χ3n) is 3.86. The summed E-state index contributed by atoms with van der Waals surface area (Å²) in [7, 11) is 2.06. The summed E-state index contributed by atoms with van der Waals surface area (Å²) < 4.78 is 14.1. The van der Waals surface area contributed by atoms with Crippen LogP contribution in [0.3, 0.4) is 0 Å². The molecule has 22 heavy (non-hydrogen) atoms. The molecule has 1 aliphatic heterocycles. The first-order valence-corrected chi connectivity index (χ1v) is 7.21. The van der Waals surface area contributed by atoms with Crippen molar-refractivity contribution < 1.29 is 9.18 Å². The molecular weight excluding hydrogens is 285 g/mol. The molecule has 0 atom stereocenters. The predicted octanol–water partition coefficient (Wildman–Crippen LogP) is 0.548. The van der Waals surface area contributed by atoms with Crippen molar-refractivity contribution >= 4 is 22.8 Å². The first-order valence-electron chi connectivity index (χ1n) is 7.21. The Labute approximate surface area is 127 Å². The second-order valence-electron chi connectivity index (χ2n) is 5.54. The number of hydrogen-bond donors (Lipinski definition) is 1. The average molecular weight is 303 g/mol. The number of hydrogen-bond acceptors (Lipinski definition) is 5. The summed E-state index contributed by atoms with van der Waals surface area (Å²) in [5, 5.41) is 0.277. The molecule has 1 amide bonds. The number of nitrogens with zero attached hydrogens (tertiary/aromatic N) is 4. The number of carbonyl (C=O) groups excluding carboxylic acids is 1. The summed E-state index contributed by atoms with van der Waals surface area (Å²) in [6.45, 7) is 3.42. The SMILES string of the molecule is CN1CCN(c2nc(CC(N)=O)c3c(F)cccc3n2)CC1. The number of carbonyl (C=O) groups is 1. The van der Waals surface area contributed by atoms with E-state index >= 15 is 0 Å². The minimum Gasteiger partial charge on any atom is -0.369 e. The number of halogens is 1. The molecule has 1 saturated heterocycles. The first-order chi connectivity index (χ1) is 10.5. The van der Waals surface area contributed by atoms with Gasteiger partial charge in [-0.05, 0) is 19.2 Å². The van der Waals surface area contributed by atoms with Crippen LogP contribution < -0.4 is 10.6 Å². The minimum absolute atomic E-state index is 0.0965. The van der Waals surface area contributed by atoms with E-state index in [2.05, 4.69) is 26.8 Å². The predicted molar refractivity (Wildman–Crippen MR) is 82.1 cm³/mol. The van der Waals surface area contributed by atoms with Crippen LogP contribution in [0.4, 0.5) is 10.3 Å². The van der Waals surface area contributed by atoms with Crippen molar-refractivity contribution in [1.82, 2.24) is 14.9 Å². The van der Waals surface area contributed by atoms with Crippen molar-refractivity contribution in [2.24, 2.45) is 5.73 Å². The van der Waals surface area contributed by atoms with Crippen LogP contribution in [0.25, 0.3) is 10.9 Å². The number of amides is 1. The van der Waals surface area contributed by atoms with Crippen molar-refractivity contribution in [3.63, 3.8) is 0 Å². The Bertz CT molecular complexity index is 712. The third-order valence-corrected chi connectivity index (χ3v) is 3.86. The Morgan fingerprint density at radius 2 is 2.00 bits per heavy atom. The standard InChI is InChI=1S/C15H18FN5O/c1-20-5-7-21(8-6-20)15-18-11-4-2-3-10(16)14(11)12(19-15)9-13(17)22/h2-4H,5-9H2,1H3,(H2,17,22). The molecule has 0 spiro atoms. The Balaban J connectivity index is 2.06. The summed E-state index contributed by atoms with van der Waals surface area (Å²) in [5.74, 6) is -0.436. The molecule has 2 heterocycles. The van der Waals surface area contributed by atoms with Gasteiger partial charge in [0, 0.05) is 26.2 Å². The van der Waals surface area contributed by atoms with Crippen LogP contribution in [0.5, 0.6) is 0 Å². The maximum absolute atomic E-state index is 14.1. The number of rotatable bonds is 3. The van der Waals surface area contributed by atoms with Crippen LogP contribution in [-0.2, 0) is 11.2 Å². The lowest BCUT2D eigenvalue weighted by molar-refractivity contribution is -0.117. The summed E-state index contributed by atoms with van der Waals surface area (Å²) in [5.41, 5.74) is 6.12. The van der Waals surface area contributed by atoms with E-state index in [1.54, 1.807) is 12.1 Å². The molecule has 3 rings (SSSR count). The zero-order valence-corrected chi connectivity index (χ0v) is 12.4. The lowest BCUT2D eigenvalue weighted by atomic mass is 10.1. The van der Waals surface area contributed by atoms with Crippen molar-refractivity contribution in [1.29, 1.82) is 0 Å². The summed E-state index contributed by atoms with van der Waals surface area (Å²) in [4.78, 5) is 24.4. The summed E-state index contributed by atoms with van der Waals surface area (Å²) >= 11 is 0. The topological polar surface area (TPSA) is 75.3 Å². The Kier molecular flexibility index (Phi) is 3.89. The highest BCUT2D eigenvalue weighted by atomic mass is 19.1. The monoisotopic (exact) mass is 303 g/mol. The molecule has 1 aromatic carbocycles. The Morgan fingerprint density at radius 1 is 1.27 bits per heavy atom. The van der Waals surface area contributed by atoms with Gasteiger partial charge in [-0.3, -0.25) is 4.79 Å². The molecular formula is C15H18FN5O. The van der Waals surface area contributed by atoms with Gasteiger partial charge in [-0.2, -0.15) is 0 Å². The fraction of sp³-hybridized carbons (Fsp3) is 0.400. The molecule has 0 saturated carbocycles. The molecule has 1 aromatic heterocycles. The van der Waals surface area contributed by atoms with Crippen molar-refractivity contribution in [2.75, 3.05) is 38.1 Å². The molecule has 0 aliphatic carbocycles. The van der Waals surface area contributed by atoms with Crippen LogP contribution in [0.1, 0.15) is 5.69 Å². The number of piperazine rings is 1. The number of nitrogens with two attached hydrogens (primary N) is 1. The van der Waals surface area contributed by atoms with E-state index in [4.69, 9.17) is 5.73 Å². The second-order valence-corrected chi connectivity index (χ2v) is 5.54. The largest absolute Gasteiger partial charge is 0.369 e. The van der Waals surface area contributed by atoms with Crippen LogP contribution in [0.2, 0.25) is 0 Å². The van der Waals surface area contributed by atoms with E-state index in [0.29, 0.717) is 17.2 Å². The number of anilines is 1. The van der Waals surface area contributed by atoms with E-state index in [0.717, 1.165) is 26.2 Å². The van der Waals surface area contributed by atoms with E-state index < -0.39 is 11.7 Å². The number of fused-ring (bicyclic) bond motifs is 1. The summed E-state index contributed by atoms with van der Waals surface area (Å²) in [6.07, 6.45) is -0.0965. The Morgan fingerprint density at radius 3 is 2.68 bits per heavy atom. The summed E-state index contributed by atoms with van der Waals surface area (Å²) in [6, 6.07) is 4.67. The van der Waals surface area contributed by atoms with Crippen LogP contribution >= 0.6 is 0 Å². The molecule has 2 aromatic rings. The van der Waals surface area contributed by atoms with Gasteiger partial charge < -0.3 is 15.5 Å². The van der Waals surface area contributed by atoms with E-state index in [1.165, 1.54) is 6.07 Å². The van der Waals surface area contributed by atoms with E-state index in [9.17, 15) is 9.18 Å². The maximum atomic E-state index is 14.1. The third kappa shape index (κ3) is 2.85. The van der Waals surface area contributed by atoms with Crippen molar-refractivity contribution in [3.8, 4) is 0 Å². The molecule has 0 unspecified atom stereocenters. The van der Waals surface area contributed by atoms with Crippen molar-refractivity contribution in [2.45, 2.75) is 6.42 Å². The highest BCUT2D eigenvalue weighted by Gasteiger charge is 2.20. The lowest BCUT2D eigenvalue weighted by Crippen LogP contribution is -2.45. The van der Waals surface area contributed by atoms with Gasteiger partial charge >= 0.3 is 0 Å².